The predicted octanol–water partition coefficient (Wildman–Crippen LogP) is 5.13. The van der Waals surface area contributed by atoms with Crippen LogP contribution in [-0.4, -0.2) is 42.3 Å². The molecule has 3 rings (SSSR count). The normalized spacial score (nSPS) is 14.8. The fraction of sp³-hybridized carbons (Fsp3) is 0.227. The molecule has 168 valence electrons. The molecule has 1 saturated heterocycles. The van der Waals surface area contributed by atoms with Crippen molar-refractivity contribution in [2.24, 2.45) is 0 Å². The van der Waals surface area contributed by atoms with Crippen molar-refractivity contribution in [2.75, 3.05) is 20.3 Å². The van der Waals surface area contributed by atoms with E-state index in [1.165, 1.54) is 12.0 Å². The Morgan fingerprint density at radius 2 is 1.97 bits per heavy atom. The fourth-order valence-electron chi connectivity index (χ4n) is 2.85. The first-order valence-corrected chi connectivity index (χ1v) is 11.8. The summed E-state index contributed by atoms with van der Waals surface area (Å²) < 4.78 is 16.5. The number of thioether (sulfide) groups is 1. The van der Waals surface area contributed by atoms with Gasteiger partial charge in [-0.05, 0) is 76.7 Å². The molecule has 0 N–H and O–H groups in total. The fourth-order valence-corrected chi connectivity index (χ4v) is 4.66. The van der Waals surface area contributed by atoms with Crippen molar-refractivity contribution in [3.8, 4) is 11.5 Å². The molecule has 1 fully saturated rings. The zero-order valence-corrected chi connectivity index (χ0v) is 21.0. The second kappa shape index (κ2) is 11.1. The van der Waals surface area contributed by atoms with E-state index in [4.69, 9.17) is 21.1 Å². The number of nitrogens with zero attached hydrogens (tertiary/aromatic N) is 1. The Hall–Kier alpha value is -2.24. The number of carbonyl (C=O) groups excluding carboxylic acids is 3. The molecule has 1 heterocycles. The first-order valence-electron chi connectivity index (χ1n) is 9.48. The summed E-state index contributed by atoms with van der Waals surface area (Å²) in [5.74, 6) is -0.0786. The van der Waals surface area contributed by atoms with Crippen LogP contribution in [0.4, 0.5) is 4.79 Å². The molecule has 0 unspecified atom stereocenters. The Morgan fingerprint density at radius 3 is 2.66 bits per heavy atom. The second-order valence-corrected chi connectivity index (χ2v) is 9.05. The van der Waals surface area contributed by atoms with Gasteiger partial charge >= 0.3 is 5.97 Å². The van der Waals surface area contributed by atoms with Gasteiger partial charge in [-0.1, -0.05) is 29.8 Å². The van der Waals surface area contributed by atoms with Crippen LogP contribution in [0.3, 0.4) is 0 Å². The number of imide groups is 1. The van der Waals surface area contributed by atoms with Gasteiger partial charge in [-0.15, -0.1) is 0 Å². The maximum Gasteiger partial charge on any atom is 0.343 e. The Balaban J connectivity index is 1.85. The molecular weight excluding hydrogens is 569 g/mol. The van der Waals surface area contributed by atoms with Crippen LogP contribution in [0.2, 0.25) is 5.02 Å². The number of halogens is 2. The highest BCUT2D eigenvalue weighted by Gasteiger charge is 2.35. The van der Waals surface area contributed by atoms with Crippen LogP contribution in [0.25, 0.3) is 6.08 Å². The molecule has 2 aromatic rings. The van der Waals surface area contributed by atoms with Gasteiger partial charge in [0.25, 0.3) is 11.1 Å². The van der Waals surface area contributed by atoms with Crippen molar-refractivity contribution in [1.29, 1.82) is 0 Å². The van der Waals surface area contributed by atoms with Gasteiger partial charge < -0.3 is 14.2 Å². The first kappa shape index (κ1) is 24.4. The minimum absolute atomic E-state index is 0.101. The number of esters is 1. The van der Waals surface area contributed by atoms with Crippen LogP contribution in [0.1, 0.15) is 18.1 Å². The average molecular weight is 588 g/mol. The quantitative estimate of drug-likeness (QED) is 0.241. The Labute approximate surface area is 208 Å². The van der Waals surface area contributed by atoms with Gasteiger partial charge in [0.1, 0.15) is 0 Å². The third kappa shape index (κ3) is 5.76. The minimum Gasteiger partial charge on any atom is -0.490 e. The van der Waals surface area contributed by atoms with Gasteiger partial charge in [-0.3, -0.25) is 14.5 Å². The highest BCUT2D eigenvalue weighted by molar-refractivity contribution is 14.1. The number of hydrogen-bond donors (Lipinski definition) is 0. The van der Waals surface area contributed by atoms with Gasteiger partial charge in [0.15, 0.2) is 18.1 Å². The number of methoxy groups -OCH3 is 1. The summed E-state index contributed by atoms with van der Waals surface area (Å²) in [6.45, 7) is 2.04. The van der Waals surface area contributed by atoms with Crippen LogP contribution < -0.4 is 9.47 Å². The summed E-state index contributed by atoms with van der Waals surface area (Å²) in [7, 11) is 1.28. The number of amides is 2. The predicted molar refractivity (Wildman–Crippen MR) is 131 cm³/mol. The highest BCUT2D eigenvalue weighted by Crippen LogP contribution is 2.38. The van der Waals surface area contributed by atoms with Crippen molar-refractivity contribution in [1.82, 2.24) is 4.90 Å². The average Bonchev–Trinajstić information content (AvgIpc) is 3.02. The number of ether oxygens (including phenoxy) is 3. The van der Waals surface area contributed by atoms with Crippen LogP contribution in [0, 0.1) is 3.57 Å². The third-order valence-corrected chi connectivity index (χ3v) is 6.43. The number of benzene rings is 2. The van der Waals surface area contributed by atoms with Crippen molar-refractivity contribution in [3.05, 3.63) is 61.0 Å². The van der Waals surface area contributed by atoms with Crippen molar-refractivity contribution >= 4 is 69.1 Å². The van der Waals surface area contributed by atoms with E-state index in [-0.39, 0.29) is 24.3 Å². The molecule has 2 amide bonds. The van der Waals surface area contributed by atoms with E-state index in [1.54, 1.807) is 42.5 Å². The monoisotopic (exact) mass is 587 g/mol. The standard InChI is InChI=1S/C22H19ClINO6S/c1-3-30-17-9-13(8-16(24)20(17)31-12-19(26)29-2)10-18-21(27)25(22(28)32-18)11-14-6-4-5-7-15(14)23/h4-10H,3,11-12H2,1-2H3/b18-10+. The molecule has 0 aromatic heterocycles. The van der Waals surface area contributed by atoms with E-state index in [0.29, 0.717) is 42.7 Å². The number of carbonyl (C=O) groups is 3. The summed E-state index contributed by atoms with van der Waals surface area (Å²) >= 11 is 9.10. The van der Waals surface area contributed by atoms with Crippen LogP contribution in [0.5, 0.6) is 11.5 Å². The molecule has 1 aliphatic rings. The second-order valence-electron chi connectivity index (χ2n) is 6.49. The molecule has 0 spiro atoms. The zero-order valence-electron chi connectivity index (χ0n) is 17.2. The molecule has 7 nitrogen and oxygen atoms in total. The van der Waals surface area contributed by atoms with Crippen molar-refractivity contribution in [3.63, 3.8) is 0 Å². The molecule has 0 radical (unpaired) electrons. The van der Waals surface area contributed by atoms with Crippen LogP contribution in [0.15, 0.2) is 41.3 Å². The zero-order chi connectivity index (χ0) is 23.3. The van der Waals surface area contributed by atoms with E-state index >= 15 is 0 Å². The van der Waals surface area contributed by atoms with Gasteiger partial charge in [0.2, 0.25) is 0 Å². The molecule has 0 aliphatic carbocycles. The van der Waals surface area contributed by atoms with Gasteiger partial charge in [0.05, 0.1) is 28.7 Å². The molecule has 0 atom stereocenters. The molecule has 0 bridgehead atoms. The summed E-state index contributed by atoms with van der Waals surface area (Å²) in [5, 5.41) is 0.132. The summed E-state index contributed by atoms with van der Waals surface area (Å²) in [6, 6.07) is 10.6. The SMILES string of the molecule is CCOc1cc(/C=C2/SC(=O)N(Cc3ccccc3Cl)C2=O)cc(I)c1OCC(=O)OC. The first-order chi connectivity index (χ1) is 15.3. The summed E-state index contributed by atoms with van der Waals surface area (Å²) in [6.07, 6.45) is 1.63. The lowest BCUT2D eigenvalue weighted by Gasteiger charge is -2.14. The lowest BCUT2D eigenvalue weighted by atomic mass is 10.1. The maximum absolute atomic E-state index is 12.9. The lowest BCUT2D eigenvalue weighted by Crippen LogP contribution is -2.27. The van der Waals surface area contributed by atoms with Gasteiger partial charge in [-0.25, -0.2) is 4.79 Å². The van der Waals surface area contributed by atoms with E-state index in [0.717, 1.165) is 11.8 Å². The molecule has 2 aromatic carbocycles. The van der Waals surface area contributed by atoms with Crippen LogP contribution in [-0.2, 0) is 20.9 Å². The largest absolute Gasteiger partial charge is 0.490 e. The molecule has 32 heavy (non-hydrogen) atoms. The van der Waals surface area contributed by atoms with Crippen molar-refractivity contribution < 1.29 is 28.6 Å². The maximum atomic E-state index is 12.9. The number of rotatable bonds is 8. The third-order valence-electron chi connectivity index (χ3n) is 4.35. The Kier molecular flexibility index (Phi) is 8.44. The van der Waals surface area contributed by atoms with E-state index in [1.807, 2.05) is 6.92 Å². The molecular formula is C22H19ClINO6S. The van der Waals surface area contributed by atoms with E-state index < -0.39 is 5.97 Å². The minimum atomic E-state index is -0.514. The van der Waals surface area contributed by atoms with Crippen molar-refractivity contribution in [2.45, 2.75) is 13.5 Å². The van der Waals surface area contributed by atoms with E-state index in [2.05, 4.69) is 27.3 Å². The van der Waals surface area contributed by atoms with Crippen LogP contribution >= 0.6 is 46.0 Å². The number of hydrogen-bond acceptors (Lipinski definition) is 7. The summed E-state index contributed by atoms with van der Waals surface area (Å²) in [5.41, 5.74) is 1.35. The smallest absolute Gasteiger partial charge is 0.343 e. The van der Waals surface area contributed by atoms with Gasteiger partial charge in [0, 0.05) is 5.02 Å². The molecule has 0 saturated carbocycles. The Bertz CT molecular complexity index is 1090. The highest BCUT2D eigenvalue weighted by atomic mass is 127. The topological polar surface area (TPSA) is 82.1 Å². The Morgan fingerprint density at radius 1 is 1.22 bits per heavy atom. The summed E-state index contributed by atoms with van der Waals surface area (Å²) in [4.78, 5) is 38.2. The molecule has 10 heteroatoms. The van der Waals surface area contributed by atoms with Gasteiger partial charge in [-0.2, -0.15) is 0 Å². The lowest BCUT2D eigenvalue weighted by molar-refractivity contribution is -0.143. The molecule has 1 aliphatic heterocycles. The van der Waals surface area contributed by atoms with E-state index in [9.17, 15) is 14.4 Å².